The largest absolute Gasteiger partial charge is 0.227 e. The lowest BCUT2D eigenvalue weighted by Crippen LogP contribution is -1.92. The number of hydrogen-bond donors (Lipinski definition) is 2. The Bertz CT molecular complexity index is 67.7. The maximum Gasteiger partial charge on any atom is 0.227 e. The number of nitrogens with one attached hydrogen (secondary N) is 1. The van der Waals surface area contributed by atoms with Crippen molar-refractivity contribution in [1.29, 1.82) is 0 Å². The zero-order chi connectivity index (χ0) is 4.28. The highest BCUT2D eigenvalue weighted by Gasteiger charge is 1.65. The third-order valence-corrected chi connectivity index (χ3v) is 0.207. The van der Waals surface area contributed by atoms with E-state index < -0.39 is 10.9 Å². The Morgan fingerprint density at radius 2 is 1.80 bits per heavy atom. The van der Waals surface area contributed by atoms with Gasteiger partial charge in [0.25, 0.3) is 0 Å². The van der Waals surface area contributed by atoms with Crippen molar-refractivity contribution in [1.82, 2.24) is 4.94 Å². The topological polar surface area (TPSA) is 46.2 Å². The van der Waals surface area contributed by atoms with Gasteiger partial charge in [0, 0.05) is 0 Å². The van der Waals surface area contributed by atoms with Crippen LogP contribution in [0, 0.1) is 0 Å². The molecule has 0 radical (unpaired) electrons. The van der Waals surface area contributed by atoms with Gasteiger partial charge in [0.05, 0.1) is 0 Å². The Labute approximate surface area is 29.8 Å². The van der Waals surface area contributed by atoms with E-state index in [-0.39, 0.29) is 0 Å². The fraction of sp³-hybridized carbons (Fsp3) is 0. The second-order valence-corrected chi connectivity index (χ2v) is 1.02. The van der Waals surface area contributed by atoms with Gasteiger partial charge in [0.2, 0.25) is 10.9 Å². The van der Waals surface area contributed by atoms with E-state index in [0.717, 1.165) is 0 Å². The third kappa shape index (κ3) is 3.84. The standard InChI is InChI=1S/FH2NO2S/c1-2-5(3)4/h5H,(H,2,3,4). The molecule has 0 heterocycles. The molecular formula is H2FNO2S. The molecule has 0 unspecified atom stereocenters. The Morgan fingerprint density at radius 1 is 1.60 bits per heavy atom. The fourth-order valence-corrected chi connectivity index (χ4v) is 0. The molecule has 0 rings (SSSR count). The van der Waals surface area contributed by atoms with Gasteiger partial charge in [-0.15, -0.1) is 4.48 Å². The SMILES string of the molecule is O=[SH](=O)NF. The molecule has 0 spiro atoms. The molecule has 5 heteroatoms. The minimum atomic E-state index is -3.01. The molecule has 5 heavy (non-hydrogen) atoms. The van der Waals surface area contributed by atoms with Gasteiger partial charge in [-0.2, -0.15) is 0 Å². The summed E-state index contributed by atoms with van der Waals surface area (Å²) in [6, 6.07) is 0. The maximum absolute atomic E-state index is 10.3. The molecule has 0 aromatic carbocycles. The van der Waals surface area contributed by atoms with Crippen LogP contribution in [0.3, 0.4) is 0 Å². The van der Waals surface area contributed by atoms with Gasteiger partial charge in [-0.05, 0) is 0 Å². The molecule has 0 atom stereocenters. The first-order valence-electron chi connectivity index (χ1n) is 0.778. The van der Waals surface area contributed by atoms with Gasteiger partial charge in [-0.1, -0.05) is 4.94 Å². The smallest absolute Gasteiger partial charge is 0.213 e. The molecule has 0 bridgehead atoms. The normalized spacial score (nSPS) is 9.20. The minimum Gasteiger partial charge on any atom is -0.213 e. The van der Waals surface area contributed by atoms with Crippen molar-refractivity contribution in [3.63, 3.8) is 0 Å². The van der Waals surface area contributed by atoms with Crippen molar-refractivity contribution in [2.45, 2.75) is 0 Å². The van der Waals surface area contributed by atoms with Crippen molar-refractivity contribution in [2.24, 2.45) is 0 Å². The third-order valence-electron chi connectivity index (χ3n) is 0.0690. The molecule has 0 aromatic heterocycles. The van der Waals surface area contributed by atoms with Crippen LogP contribution in [0.1, 0.15) is 0 Å². The molecule has 32 valence electrons. The fourth-order valence-electron chi connectivity index (χ4n) is 0. The summed E-state index contributed by atoms with van der Waals surface area (Å²) in [4.78, 5) is 0.481. The van der Waals surface area contributed by atoms with Gasteiger partial charge in [0.1, 0.15) is 0 Å². The summed E-state index contributed by atoms with van der Waals surface area (Å²) in [6.45, 7) is 0. The molecule has 0 amide bonds. The van der Waals surface area contributed by atoms with Crippen LogP contribution in [0.4, 0.5) is 4.48 Å². The lowest BCUT2D eigenvalue weighted by atomic mass is 13.8. The van der Waals surface area contributed by atoms with Gasteiger partial charge in [0.15, 0.2) is 0 Å². The number of rotatable bonds is 1. The second-order valence-electron chi connectivity index (χ2n) is 0.342. The predicted octanol–water partition coefficient (Wildman–Crippen LogP) is -1.01. The molecular weight excluding hydrogens is 97.1 g/mol. The van der Waals surface area contributed by atoms with Crippen molar-refractivity contribution < 1.29 is 12.9 Å². The first-order valence-corrected chi connectivity index (χ1v) is 1.96. The number of thiol groups is 1. The summed E-state index contributed by atoms with van der Waals surface area (Å²) in [5.74, 6) is 0. The number of hydrogen-bond acceptors (Lipinski definition) is 2. The lowest BCUT2D eigenvalue weighted by molar-refractivity contribution is 0.436. The average Bonchev–Trinajstić information content (AvgIpc) is 1.38. The Morgan fingerprint density at radius 3 is 1.80 bits per heavy atom. The molecule has 0 aromatic rings. The molecule has 0 fully saturated rings. The Balaban J connectivity index is 3.23. The summed E-state index contributed by atoms with van der Waals surface area (Å²) in [6.07, 6.45) is 0. The Kier molecular flexibility index (Phi) is 2.03. The highest BCUT2D eigenvalue weighted by Crippen LogP contribution is 1.43. The van der Waals surface area contributed by atoms with Crippen LogP contribution < -0.4 is 4.94 Å². The first kappa shape index (κ1) is 4.84. The highest BCUT2D eigenvalue weighted by molar-refractivity contribution is 7.70. The van der Waals surface area contributed by atoms with E-state index in [1.165, 1.54) is 0 Å². The van der Waals surface area contributed by atoms with E-state index >= 15 is 0 Å². The molecule has 1 N–H and O–H groups in total. The number of halogens is 1. The van der Waals surface area contributed by atoms with E-state index in [2.05, 4.69) is 0 Å². The molecule has 0 saturated heterocycles. The average molecular weight is 99.1 g/mol. The zero-order valence-electron chi connectivity index (χ0n) is 2.14. The van der Waals surface area contributed by atoms with E-state index in [9.17, 15) is 4.48 Å². The van der Waals surface area contributed by atoms with E-state index in [1.807, 2.05) is 0 Å². The molecule has 0 aliphatic heterocycles. The van der Waals surface area contributed by atoms with Crippen molar-refractivity contribution in [3.8, 4) is 0 Å². The highest BCUT2D eigenvalue weighted by atomic mass is 32.2. The van der Waals surface area contributed by atoms with Crippen LogP contribution in [0.5, 0.6) is 0 Å². The quantitative estimate of drug-likeness (QED) is 0.327. The summed E-state index contributed by atoms with van der Waals surface area (Å²) in [7, 11) is -3.01. The van der Waals surface area contributed by atoms with Crippen molar-refractivity contribution in [3.05, 3.63) is 0 Å². The maximum atomic E-state index is 10.3. The summed E-state index contributed by atoms with van der Waals surface area (Å²) in [5, 5.41) is 0. The van der Waals surface area contributed by atoms with E-state index in [0.29, 0.717) is 4.94 Å². The summed E-state index contributed by atoms with van der Waals surface area (Å²) >= 11 is 0. The van der Waals surface area contributed by atoms with Crippen LogP contribution in [-0.4, -0.2) is 8.42 Å². The molecule has 0 aliphatic carbocycles. The van der Waals surface area contributed by atoms with Gasteiger partial charge in [-0.25, -0.2) is 8.42 Å². The lowest BCUT2D eigenvalue weighted by Gasteiger charge is -1.61. The van der Waals surface area contributed by atoms with E-state index in [1.54, 1.807) is 0 Å². The summed E-state index contributed by atoms with van der Waals surface area (Å²) in [5.41, 5.74) is 0. The van der Waals surface area contributed by atoms with Crippen LogP contribution in [0.2, 0.25) is 0 Å². The van der Waals surface area contributed by atoms with E-state index in [4.69, 9.17) is 8.42 Å². The molecule has 3 nitrogen and oxygen atoms in total. The van der Waals surface area contributed by atoms with Crippen molar-refractivity contribution in [2.75, 3.05) is 0 Å². The van der Waals surface area contributed by atoms with Crippen molar-refractivity contribution >= 4 is 10.9 Å². The van der Waals surface area contributed by atoms with Gasteiger partial charge in [-0.3, -0.25) is 0 Å². The first-order chi connectivity index (χ1) is 2.27. The predicted molar refractivity (Wildman–Crippen MR) is 14.6 cm³/mol. The van der Waals surface area contributed by atoms with Crippen LogP contribution in [0.25, 0.3) is 0 Å². The zero-order valence-corrected chi connectivity index (χ0v) is 3.04. The van der Waals surface area contributed by atoms with Gasteiger partial charge < -0.3 is 0 Å². The molecule has 0 saturated carbocycles. The van der Waals surface area contributed by atoms with Crippen LogP contribution >= 0.6 is 0 Å². The van der Waals surface area contributed by atoms with Gasteiger partial charge >= 0.3 is 0 Å². The molecule has 0 aliphatic rings. The minimum absolute atomic E-state index is 0.481. The monoisotopic (exact) mass is 99.0 g/mol. The van der Waals surface area contributed by atoms with Crippen LogP contribution in [0.15, 0.2) is 0 Å². The summed E-state index contributed by atoms with van der Waals surface area (Å²) < 4.78 is 28.1. The van der Waals surface area contributed by atoms with Crippen LogP contribution in [-0.2, 0) is 10.9 Å². The Hall–Kier alpha value is -0.160. The second kappa shape index (κ2) is 2.10.